The van der Waals surface area contributed by atoms with Gasteiger partial charge in [0, 0.05) is 63.1 Å². The minimum atomic E-state index is 0.0652. The molecule has 1 aromatic carbocycles. The highest BCUT2D eigenvalue weighted by atomic mass is 16.2. The second-order valence-corrected chi connectivity index (χ2v) is 7.43. The molecule has 0 radical (unpaired) electrons. The first kappa shape index (κ1) is 19.0. The number of benzene rings is 1. The van der Waals surface area contributed by atoms with Gasteiger partial charge in [-0.1, -0.05) is 12.1 Å². The summed E-state index contributed by atoms with van der Waals surface area (Å²) in [5.41, 5.74) is 1.85. The number of piperazine rings is 1. The van der Waals surface area contributed by atoms with E-state index in [1.807, 2.05) is 62.8 Å². The number of anilines is 1. The van der Waals surface area contributed by atoms with Crippen molar-refractivity contribution < 1.29 is 4.79 Å². The molecule has 0 saturated carbocycles. The molecule has 0 aliphatic carbocycles. The fourth-order valence-corrected chi connectivity index (χ4v) is 3.68. The minimum Gasteiger partial charge on any atom is -0.352 e. The molecule has 0 spiro atoms. The smallest absolute Gasteiger partial charge is 0.253 e. The maximum absolute atomic E-state index is 12.9. The van der Waals surface area contributed by atoms with Crippen LogP contribution in [-0.2, 0) is 6.54 Å². The van der Waals surface area contributed by atoms with E-state index in [4.69, 9.17) is 0 Å². The number of imidazole rings is 2. The van der Waals surface area contributed by atoms with E-state index in [2.05, 4.69) is 25.1 Å². The van der Waals surface area contributed by atoms with Crippen LogP contribution in [-0.4, -0.2) is 66.3 Å². The van der Waals surface area contributed by atoms with E-state index in [-0.39, 0.29) is 5.91 Å². The Balaban J connectivity index is 1.18. The molecule has 31 heavy (non-hydrogen) atoms. The standard InChI is InChI=1S/C22H22N8O/c31-22(19-3-1-18(2-4-19)15-27-9-7-23-16-27)29-13-11-28(12-14-29)20-5-6-21(26-25-20)30-10-8-24-17-30/h1-10,16-17H,11-15H2. The van der Waals surface area contributed by atoms with Gasteiger partial charge in [-0.2, -0.15) is 0 Å². The molecule has 0 bridgehead atoms. The largest absolute Gasteiger partial charge is 0.352 e. The quantitative estimate of drug-likeness (QED) is 0.496. The number of nitrogens with zero attached hydrogens (tertiary/aromatic N) is 8. The first-order valence-corrected chi connectivity index (χ1v) is 10.2. The number of rotatable bonds is 5. The van der Waals surface area contributed by atoms with Crippen molar-refractivity contribution in [2.24, 2.45) is 0 Å². The van der Waals surface area contributed by atoms with Crippen LogP contribution in [0.3, 0.4) is 0 Å². The van der Waals surface area contributed by atoms with Crippen molar-refractivity contribution >= 4 is 11.7 Å². The number of hydrogen-bond acceptors (Lipinski definition) is 6. The van der Waals surface area contributed by atoms with Gasteiger partial charge in [-0.15, -0.1) is 10.2 Å². The van der Waals surface area contributed by atoms with E-state index in [1.165, 1.54) is 0 Å². The minimum absolute atomic E-state index is 0.0652. The molecule has 1 fully saturated rings. The van der Waals surface area contributed by atoms with Crippen LogP contribution in [0.4, 0.5) is 5.82 Å². The fourth-order valence-electron chi connectivity index (χ4n) is 3.68. The van der Waals surface area contributed by atoms with Crippen molar-refractivity contribution in [3.63, 3.8) is 0 Å². The molecule has 4 heterocycles. The van der Waals surface area contributed by atoms with E-state index in [0.717, 1.165) is 36.8 Å². The molecular formula is C22H22N8O. The van der Waals surface area contributed by atoms with E-state index >= 15 is 0 Å². The van der Waals surface area contributed by atoms with Crippen molar-refractivity contribution in [2.75, 3.05) is 31.1 Å². The molecule has 0 N–H and O–H groups in total. The summed E-state index contributed by atoms with van der Waals surface area (Å²) in [5, 5.41) is 8.62. The summed E-state index contributed by atoms with van der Waals surface area (Å²) in [6, 6.07) is 11.7. The average molecular weight is 414 g/mol. The topological polar surface area (TPSA) is 85.0 Å². The second-order valence-electron chi connectivity index (χ2n) is 7.43. The molecule has 156 valence electrons. The second kappa shape index (κ2) is 8.39. The van der Waals surface area contributed by atoms with Gasteiger partial charge >= 0.3 is 0 Å². The van der Waals surface area contributed by atoms with Gasteiger partial charge in [-0.25, -0.2) is 9.97 Å². The third-order valence-corrected chi connectivity index (χ3v) is 5.42. The lowest BCUT2D eigenvalue weighted by molar-refractivity contribution is 0.0746. The Morgan fingerprint density at radius 1 is 0.806 bits per heavy atom. The molecule has 0 atom stereocenters. The van der Waals surface area contributed by atoms with Gasteiger partial charge in [0.2, 0.25) is 0 Å². The summed E-state index contributed by atoms with van der Waals surface area (Å²) in [5.74, 6) is 1.61. The van der Waals surface area contributed by atoms with Gasteiger partial charge in [0.1, 0.15) is 6.33 Å². The Labute approximate surface area is 179 Å². The Hall–Kier alpha value is -4.01. The SMILES string of the molecule is O=C(c1ccc(Cn2ccnc2)cc1)N1CCN(c2ccc(-n3ccnc3)nn2)CC1. The molecular weight excluding hydrogens is 392 g/mol. The molecule has 1 aliphatic rings. The summed E-state index contributed by atoms with van der Waals surface area (Å²) >= 11 is 0. The molecule has 9 nitrogen and oxygen atoms in total. The van der Waals surface area contributed by atoms with Crippen molar-refractivity contribution in [3.8, 4) is 5.82 Å². The molecule has 9 heteroatoms. The molecule has 4 aromatic rings. The normalized spacial score (nSPS) is 14.1. The van der Waals surface area contributed by atoms with Crippen molar-refractivity contribution in [2.45, 2.75) is 6.54 Å². The van der Waals surface area contributed by atoms with Crippen LogP contribution < -0.4 is 4.90 Å². The zero-order valence-electron chi connectivity index (χ0n) is 16.9. The Bertz CT molecular complexity index is 1110. The lowest BCUT2D eigenvalue weighted by Crippen LogP contribution is -2.49. The van der Waals surface area contributed by atoms with E-state index in [0.29, 0.717) is 18.7 Å². The van der Waals surface area contributed by atoms with E-state index < -0.39 is 0 Å². The highest BCUT2D eigenvalue weighted by Crippen LogP contribution is 2.16. The molecule has 1 saturated heterocycles. The highest BCUT2D eigenvalue weighted by molar-refractivity contribution is 5.94. The maximum atomic E-state index is 12.9. The average Bonchev–Trinajstić information content (AvgIpc) is 3.54. The summed E-state index contributed by atoms with van der Waals surface area (Å²) in [4.78, 5) is 25.0. The van der Waals surface area contributed by atoms with Crippen LogP contribution in [0.5, 0.6) is 0 Å². The molecule has 0 unspecified atom stereocenters. The predicted octanol–water partition coefficient (Wildman–Crippen LogP) is 1.87. The number of carbonyl (C=O) groups is 1. The van der Waals surface area contributed by atoms with Gasteiger partial charge in [0.25, 0.3) is 5.91 Å². The molecule has 3 aromatic heterocycles. The zero-order chi connectivity index (χ0) is 21.0. The first-order valence-electron chi connectivity index (χ1n) is 10.2. The molecule has 5 rings (SSSR count). The van der Waals surface area contributed by atoms with Gasteiger partial charge in [-0.05, 0) is 29.8 Å². The zero-order valence-corrected chi connectivity index (χ0v) is 16.9. The molecule has 1 amide bonds. The van der Waals surface area contributed by atoms with Crippen LogP contribution in [0.2, 0.25) is 0 Å². The molecule has 1 aliphatic heterocycles. The Morgan fingerprint density at radius 3 is 2.16 bits per heavy atom. The fraction of sp³-hybridized carbons (Fsp3) is 0.227. The third kappa shape index (κ3) is 4.16. The van der Waals surface area contributed by atoms with Gasteiger partial charge in [-0.3, -0.25) is 9.36 Å². The van der Waals surface area contributed by atoms with Crippen LogP contribution >= 0.6 is 0 Å². The van der Waals surface area contributed by atoms with Crippen LogP contribution in [0, 0.1) is 0 Å². The van der Waals surface area contributed by atoms with Gasteiger partial charge in [0.05, 0.1) is 6.33 Å². The lowest BCUT2D eigenvalue weighted by atomic mass is 10.1. The Morgan fingerprint density at radius 2 is 1.52 bits per heavy atom. The number of aromatic nitrogens is 6. The third-order valence-electron chi connectivity index (χ3n) is 5.42. The summed E-state index contributed by atoms with van der Waals surface area (Å²) in [7, 11) is 0. The van der Waals surface area contributed by atoms with E-state index in [1.54, 1.807) is 25.0 Å². The number of amides is 1. The highest BCUT2D eigenvalue weighted by Gasteiger charge is 2.23. The van der Waals surface area contributed by atoms with E-state index in [9.17, 15) is 4.79 Å². The van der Waals surface area contributed by atoms with Crippen LogP contribution in [0.15, 0.2) is 73.8 Å². The van der Waals surface area contributed by atoms with Crippen LogP contribution in [0.1, 0.15) is 15.9 Å². The Kier molecular flexibility index (Phi) is 5.14. The summed E-state index contributed by atoms with van der Waals surface area (Å²) in [6.07, 6.45) is 10.7. The monoisotopic (exact) mass is 414 g/mol. The summed E-state index contributed by atoms with van der Waals surface area (Å²) in [6.45, 7) is 3.50. The van der Waals surface area contributed by atoms with Gasteiger partial charge < -0.3 is 14.4 Å². The number of hydrogen-bond donors (Lipinski definition) is 0. The first-order chi connectivity index (χ1) is 15.3. The lowest BCUT2D eigenvalue weighted by Gasteiger charge is -2.35. The van der Waals surface area contributed by atoms with Crippen molar-refractivity contribution in [1.82, 2.24) is 34.2 Å². The predicted molar refractivity (Wildman–Crippen MR) is 115 cm³/mol. The van der Waals surface area contributed by atoms with Crippen molar-refractivity contribution in [3.05, 3.63) is 85.0 Å². The van der Waals surface area contributed by atoms with Crippen molar-refractivity contribution in [1.29, 1.82) is 0 Å². The van der Waals surface area contributed by atoms with Crippen LogP contribution in [0.25, 0.3) is 5.82 Å². The number of carbonyl (C=O) groups excluding carboxylic acids is 1. The van der Waals surface area contributed by atoms with Gasteiger partial charge in [0.15, 0.2) is 11.6 Å². The summed E-state index contributed by atoms with van der Waals surface area (Å²) < 4.78 is 3.81. The maximum Gasteiger partial charge on any atom is 0.253 e.